The number of methoxy groups -OCH3 is 1. The van der Waals surface area contributed by atoms with Gasteiger partial charge in [0, 0.05) is 20.2 Å². The first-order chi connectivity index (χ1) is 8.08. The highest BCUT2D eigenvalue weighted by Gasteiger charge is 2.36. The molecule has 0 aliphatic carbocycles. The molecule has 2 atom stereocenters. The molecule has 0 bridgehead atoms. The van der Waals surface area contributed by atoms with Gasteiger partial charge in [0.05, 0.1) is 18.7 Å². The minimum Gasteiger partial charge on any atom is -0.380 e. The maximum Gasteiger partial charge on any atom is 0.234 e. The smallest absolute Gasteiger partial charge is 0.234 e. The van der Waals surface area contributed by atoms with Crippen molar-refractivity contribution in [3.8, 4) is 0 Å². The number of primary amides is 1. The van der Waals surface area contributed by atoms with Gasteiger partial charge in [0.25, 0.3) is 0 Å². The Bertz CT molecular complexity index is 283. The van der Waals surface area contributed by atoms with E-state index >= 15 is 0 Å². The number of carbonyl (C=O) groups excluding carboxylic acids is 2. The van der Waals surface area contributed by atoms with Crippen LogP contribution in [0.25, 0.3) is 0 Å². The molecule has 0 aromatic carbocycles. The van der Waals surface area contributed by atoms with Crippen LogP contribution in [0, 0.1) is 0 Å². The van der Waals surface area contributed by atoms with Gasteiger partial charge in [0.15, 0.2) is 0 Å². The summed E-state index contributed by atoms with van der Waals surface area (Å²) in [6.45, 7) is 3.42. The standard InChI is InChI=1S/C11H21N3O3/c1-3-4-13-10(15)7-14-6-8(17-2)5-9(14)11(12)16/h8-9H,3-7H2,1-2H3,(H2,12,16)(H,13,15)/t8-,9-/m0/s1. The quantitative estimate of drug-likeness (QED) is 0.632. The van der Waals surface area contributed by atoms with Gasteiger partial charge in [-0.1, -0.05) is 6.92 Å². The summed E-state index contributed by atoms with van der Waals surface area (Å²) in [6.07, 6.45) is 1.44. The van der Waals surface area contributed by atoms with Crippen LogP contribution >= 0.6 is 0 Å². The third-order valence-electron chi connectivity index (χ3n) is 2.95. The Morgan fingerprint density at radius 1 is 1.53 bits per heavy atom. The monoisotopic (exact) mass is 243 g/mol. The van der Waals surface area contributed by atoms with Crippen LogP contribution in [-0.2, 0) is 14.3 Å². The number of ether oxygens (including phenoxy) is 1. The van der Waals surface area contributed by atoms with Gasteiger partial charge in [-0.05, 0) is 12.8 Å². The van der Waals surface area contributed by atoms with Crippen LogP contribution in [0.4, 0.5) is 0 Å². The predicted octanol–water partition coefficient (Wildman–Crippen LogP) is -0.913. The van der Waals surface area contributed by atoms with Crippen molar-refractivity contribution in [2.45, 2.75) is 31.9 Å². The molecule has 0 aromatic heterocycles. The molecule has 0 unspecified atom stereocenters. The topological polar surface area (TPSA) is 84.7 Å². The van der Waals surface area contributed by atoms with Crippen molar-refractivity contribution >= 4 is 11.8 Å². The van der Waals surface area contributed by atoms with Gasteiger partial charge in [-0.15, -0.1) is 0 Å². The number of nitrogens with two attached hydrogens (primary N) is 1. The molecule has 1 saturated heterocycles. The Balaban J connectivity index is 2.49. The summed E-state index contributed by atoms with van der Waals surface area (Å²) in [5.74, 6) is -0.470. The predicted molar refractivity (Wildman–Crippen MR) is 63.3 cm³/mol. The molecule has 2 amide bonds. The number of hydrogen-bond acceptors (Lipinski definition) is 4. The van der Waals surface area contributed by atoms with Gasteiger partial charge in [-0.3, -0.25) is 14.5 Å². The Labute approximate surface area is 101 Å². The molecule has 1 aliphatic rings. The number of nitrogens with zero attached hydrogens (tertiary/aromatic N) is 1. The third kappa shape index (κ3) is 3.98. The van der Waals surface area contributed by atoms with E-state index in [1.54, 1.807) is 12.0 Å². The van der Waals surface area contributed by atoms with Gasteiger partial charge in [0.2, 0.25) is 11.8 Å². The lowest BCUT2D eigenvalue weighted by molar-refractivity contribution is -0.125. The SMILES string of the molecule is CCCNC(=O)CN1C[C@@H](OC)C[C@H]1C(N)=O. The summed E-state index contributed by atoms with van der Waals surface area (Å²) in [6, 6.07) is -0.396. The number of carbonyl (C=O) groups is 2. The average Bonchev–Trinajstić information content (AvgIpc) is 2.69. The van der Waals surface area contributed by atoms with E-state index < -0.39 is 11.9 Å². The van der Waals surface area contributed by atoms with Gasteiger partial charge >= 0.3 is 0 Å². The van der Waals surface area contributed by atoms with Gasteiger partial charge < -0.3 is 15.8 Å². The molecule has 1 fully saturated rings. The minimum absolute atomic E-state index is 0.0218. The molecule has 3 N–H and O–H groups in total. The third-order valence-corrected chi connectivity index (χ3v) is 2.95. The van der Waals surface area contributed by atoms with Crippen LogP contribution in [0.1, 0.15) is 19.8 Å². The van der Waals surface area contributed by atoms with Crippen LogP contribution in [-0.4, -0.2) is 55.6 Å². The second-order valence-corrected chi connectivity index (χ2v) is 4.29. The fraction of sp³-hybridized carbons (Fsp3) is 0.818. The summed E-state index contributed by atoms with van der Waals surface area (Å²) >= 11 is 0. The molecule has 6 nitrogen and oxygen atoms in total. The molecule has 0 saturated carbocycles. The maximum atomic E-state index is 11.6. The van der Waals surface area contributed by atoms with Crippen molar-refractivity contribution in [1.29, 1.82) is 0 Å². The second-order valence-electron chi connectivity index (χ2n) is 4.29. The van der Waals surface area contributed by atoms with Crippen molar-refractivity contribution in [3.05, 3.63) is 0 Å². The van der Waals surface area contributed by atoms with Crippen molar-refractivity contribution in [2.24, 2.45) is 5.73 Å². The van der Waals surface area contributed by atoms with Crippen molar-refractivity contribution in [1.82, 2.24) is 10.2 Å². The highest BCUT2D eigenvalue weighted by atomic mass is 16.5. The number of likely N-dealkylation sites (tertiary alicyclic amines) is 1. The summed E-state index contributed by atoms with van der Waals surface area (Å²) in [7, 11) is 1.60. The zero-order chi connectivity index (χ0) is 12.8. The van der Waals surface area contributed by atoms with Crippen LogP contribution < -0.4 is 11.1 Å². The highest BCUT2D eigenvalue weighted by molar-refractivity contribution is 5.82. The van der Waals surface area contributed by atoms with Gasteiger partial charge in [-0.2, -0.15) is 0 Å². The van der Waals surface area contributed by atoms with E-state index in [0.717, 1.165) is 6.42 Å². The second kappa shape index (κ2) is 6.56. The molecule has 0 radical (unpaired) electrons. The van der Waals surface area contributed by atoms with E-state index in [-0.39, 0.29) is 18.6 Å². The average molecular weight is 243 g/mol. The van der Waals surface area contributed by atoms with E-state index in [4.69, 9.17) is 10.5 Å². The molecular weight excluding hydrogens is 222 g/mol. The molecule has 6 heteroatoms. The molecule has 98 valence electrons. The molecule has 0 aromatic rings. The zero-order valence-corrected chi connectivity index (χ0v) is 10.4. The summed E-state index contributed by atoms with van der Waals surface area (Å²) < 4.78 is 5.20. The molecule has 1 heterocycles. The Morgan fingerprint density at radius 3 is 2.76 bits per heavy atom. The first kappa shape index (κ1) is 13.9. The molecule has 0 spiro atoms. The number of rotatable bonds is 6. The zero-order valence-electron chi connectivity index (χ0n) is 10.4. The lowest BCUT2D eigenvalue weighted by Crippen LogP contribution is -2.45. The van der Waals surface area contributed by atoms with E-state index in [2.05, 4.69) is 5.32 Å². The summed E-state index contributed by atoms with van der Waals surface area (Å²) in [4.78, 5) is 24.6. The Morgan fingerprint density at radius 2 is 2.24 bits per heavy atom. The number of amides is 2. The fourth-order valence-electron chi connectivity index (χ4n) is 2.01. The number of nitrogens with one attached hydrogen (secondary N) is 1. The molecule has 1 aliphatic heterocycles. The largest absolute Gasteiger partial charge is 0.380 e. The minimum atomic E-state index is -0.396. The summed E-state index contributed by atoms with van der Waals surface area (Å²) in [5, 5.41) is 2.78. The molecule has 17 heavy (non-hydrogen) atoms. The first-order valence-electron chi connectivity index (χ1n) is 5.91. The van der Waals surface area contributed by atoms with Crippen LogP contribution in [0.3, 0.4) is 0 Å². The van der Waals surface area contributed by atoms with E-state index in [9.17, 15) is 9.59 Å². The van der Waals surface area contributed by atoms with Crippen molar-refractivity contribution in [2.75, 3.05) is 26.7 Å². The first-order valence-corrected chi connectivity index (χ1v) is 5.91. The Hall–Kier alpha value is -1.14. The van der Waals surface area contributed by atoms with Crippen LogP contribution in [0.15, 0.2) is 0 Å². The number of hydrogen-bond donors (Lipinski definition) is 2. The Kier molecular flexibility index (Phi) is 5.37. The lowest BCUT2D eigenvalue weighted by atomic mass is 10.2. The van der Waals surface area contributed by atoms with E-state index in [1.165, 1.54) is 0 Å². The normalized spacial score (nSPS) is 24.8. The van der Waals surface area contributed by atoms with E-state index in [1.807, 2.05) is 6.92 Å². The maximum absolute atomic E-state index is 11.6. The molecule has 1 rings (SSSR count). The summed E-state index contributed by atoms with van der Waals surface area (Å²) in [5.41, 5.74) is 5.31. The van der Waals surface area contributed by atoms with Crippen molar-refractivity contribution < 1.29 is 14.3 Å². The molecular formula is C11H21N3O3. The van der Waals surface area contributed by atoms with Crippen LogP contribution in [0.2, 0.25) is 0 Å². The fourth-order valence-corrected chi connectivity index (χ4v) is 2.01. The van der Waals surface area contributed by atoms with E-state index in [0.29, 0.717) is 19.5 Å². The van der Waals surface area contributed by atoms with Crippen LogP contribution in [0.5, 0.6) is 0 Å². The van der Waals surface area contributed by atoms with Gasteiger partial charge in [-0.25, -0.2) is 0 Å². The highest BCUT2D eigenvalue weighted by Crippen LogP contribution is 2.19. The lowest BCUT2D eigenvalue weighted by Gasteiger charge is -2.20. The van der Waals surface area contributed by atoms with Crippen molar-refractivity contribution in [3.63, 3.8) is 0 Å². The van der Waals surface area contributed by atoms with Gasteiger partial charge in [0.1, 0.15) is 0 Å².